The molecule has 31 heavy (non-hydrogen) atoms. The van der Waals surface area contributed by atoms with Crippen LogP contribution >= 0.6 is 0 Å². The summed E-state index contributed by atoms with van der Waals surface area (Å²) in [6.45, 7) is 4.59. The Morgan fingerprint density at radius 2 is 1.52 bits per heavy atom. The van der Waals surface area contributed by atoms with E-state index in [-0.39, 0.29) is 18.5 Å². The third-order valence-electron chi connectivity index (χ3n) is 4.42. The number of urea groups is 1. The molecule has 0 aromatic heterocycles. The number of ether oxygens (including phenoxy) is 1. The van der Waals surface area contributed by atoms with Crippen molar-refractivity contribution in [3.63, 3.8) is 0 Å². The van der Waals surface area contributed by atoms with Crippen molar-refractivity contribution in [1.29, 1.82) is 0 Å². The maximum absolute atomic E-state index is 12.0. The Morgan fingerprint density at radius 1 is 1.00 bits per heavy atom. The lowest BCUT2D eigenvalue weighted by molar-refractivity contribution is -0.871. The Morgan fingerprint density at radius 3 is 2.00 bits per heavy atom. The molecule has 0 aliphatic rings. The molecule has 9 nitrogen and oxygen atoms in total. The number of carboxylic acid groups (broad SMARTS) is 2. The summed E-state index contributed by atoms with van der Waals surface area (Å²) >= 11 is 0. The zero-order valence-electron chi connectivity index (χ0n) is 20.0. The van der Waals surface area contributed by atoms with Gasteiger partial charge in [0.15, 0.2) is 0 Å². The zero-order valence-corrected chi connectivity index (χ0v) is 20.0. The van der Waals surface area contributed by atoms with E-state index < -0.39 is 12.4 Å². The average Bonchev–Trinajstić information content (AvgIpc) is 2.64. The van der Waals surface area contributed by atoms with Crippen molar-refractivity contribution in [2.75, 3.05) is 47.4 Å². The third kappa shape index (κ3) is 28.1. The minimum atomic E-state index is -0.901. The van der Waals surface area contributed by atoms with Crippen LogP contribution in [0.25, 0.3) is 0 Å². The number of nitrogens with zero attached hydrogens (tertiary/aromatic N) is 1. The lowest BCUT2D eigenvalue weighted by Gasteiger charge is -2.29. The largest absolute Gasteiger partial charge is 0.554 e. The predicted molar refractivity (Wildman–Crippen MR) is 120 cm³/mol. The van der Waals surface area contributed by atoms with E-state index in [1.165, 1.54) is 25.7 Å². The van der Waals surface area contributed by atoms with Gasteiger partial charge in [0, 0.05) is 26.2 Å². The molecule has 0 unspecified atom stereocenters. The van der Waals surface area contributed by atoms with E-state index in [1.807, 2.05) is 21.1 Å². The van der Waals surface area contributed by atoms with E-state index in [2.05, 4.69) is 17.6 Å². The maximum atomic E-state index is 12.0. The Hall–Kier alpha value is -1.87. The molecule has 0 aromatic carbocycles. The van der Waals surface area contributed by atoms with Crippen molar-refractivity contribution in [3.8, 4) is 0 Å². The second-order valence-corrected chi connectivity index (χ2v) is 8.70. The van der Waals surface area contributed by atoms with Gasteiger partial charge in [-0.05, 0) is 19.3 Å². The first-order valence-electron chi connectivity index (χ1n) is 11.4. The first kappa shape index (κ1) is 31.3. The number of rotatable bonds is 18. The minimum absolute atomic E-state index is 0.0679. The first-order valence-corrected chi connectivity index (χ1v) is 11.4. The summed E-state index contributed by atoms with van der Waals surface area (Å²) in [5, 5.41) is 22.9. The number of nitrogens with one attached hydrogen (secondary N) is 2. The van der Waals surface area contributed by atoms with Crippen LogP contribution in [0.3, 0.4) is 0 Å². The number of carbonyl (C=O) groups is 3. The van der Waals surface area contributed by atoms with E-state index >= 15 is 0 Å². The van der Waals surface area contributed by atoms with Crippen LogP contribution in [0.5, 0.6) is 0 Å². The van der Waals surface area contributed by atoms with Gasteiger partial charge in [0.2, 0.25) is 0 Å². The van der Waals surface area contributed by atoms with Crippen LogP contribution in [0, 0.1) is 0 Å². The predicted octanol–water partition coefficient (Wildman–Crippen LogP) is 1.75. The average molecular weight is 448 g/mol. The SMILES string of the molecule is CCCCCCCOCCCCCCNC(=O)N[C@H](CC(=O)O)C[N+](C)(C)C.O=C[O-]. The number of aliphatic carboxylic acids is 1. The molecule has 0 bridgehead atoms. The van der Waals surface area contributed by atoms with Gasteiger partial charge >= 0.3 is 12.0 Å². The van der Waals surface area contributed by atoms with E-state index in [0.29, 0.717) is 17.6 Å². The molecule has 3 N–H and O–H groups in total. The Balaban J connectivity index is 0. The first-order chi connectivity index (χ1) is 14.7. The van der Waals surface area contributed by atoms with Crippen LogP contribution < -0.4 is 15.7 Å². The molecular weight excluding hydrogens is 402 g/mol. The van der Waals surface area contributed by atoms with Gasteiger partial charge < -0.3 is 34.9 Å². The summed E-state index contributed by atoms with van der Waals surface area (Å²) in [6, 6.07) is -0.664. The standard InChI is InChI=1S/C21H43N3O4.CH2O2/c1-5-6-7-9-12-15-28-16-13-10-8-11-14-22-21(27)23-19(17-20(25)26)18-24(2,3)4;2-1-3/h19H,5-18H2,1-4H3,(H2-,22,23,25,26,27);1H,(H,2,3)/t19-;/m1./s1. The van der Waals surface area contributed by atoms with Gasteiger partial charge in [-0.3, -0.25) is 4.79 Å². The van der Waals surface area contributed by atoms with Crippen molar-refractivity contribution in [1.82, 2.24) is 10.6 Å². The van der Waals surface area contributed by atoms with Crippen LogP contribution in [0.15, 0.2) is 0 Å². The summed E-state index contributed by atoms with van der Waals surface area (Å²) in [5.41, 5.74) is 0. The van der Waals surface area contributed by atoms with Crippen LogP contribution in [-0.2, 0) is 14.3 Å². The molecule has 0 fully saturated rings. The number of carboxylic acids is 1. The molecule has 0 heterocycles. The maximum Gasteiger partial charge on any atom is 0.315 e. The van der Waals surface area contributed by atoms with Gasteiger partial charge in [-0.25, -0.2) is 4.79 Å². The van der Waals surface area contributed by atoms with Crippen LogP contribution in [0.1, 0.15) is 71.1 Å². The number of likely N-dealkylation sites (N-methyl/N-ethyl adjacent to an activating group) is 1. The third-order valence-corrected chi connectivity index (χ3v) is 4.42. The molecular formula is C22H45N3O6. The number of quaternary nitrogens is 1. The number of carbonyl (C=O) groups excluding carboxylic acids is 2. The summed E-state index contributed by atoms with van der Waals surface area (Å²) in [6.07, 6.45) is 10.4. The second-order valence-electron chi connectivity index (χ2n) is 8.70. The van der Waals surface area contributed by atoms with Crippen LogP contribution in [-0.4, -0.2) is 81.6 Å². The Bertz CT molecular complexity index is 455. The lowest BCUT2D eigenvalue weighted by Crippen LogP contribution is -2.52. The van der Waals surface area contributed by atoms with Crippen molar-refractivity contribution < 1.29 is 33.8 Å². The molecule has 1 atom stereocenters. The molecule has 0 rings (SSSR count). The molecule has 0 aromatic rings. The molecule has 0 saturated carbocycles. The zero-order chi connectivity index (χ0) is 24.0. The minimum Gasteiger partial charge on any atom is -0.554 e. The highest BCUT2D eigenvalue weighted by molar-refractivity contribution is 5.75. The normalized spacial score (nSPS) is 11.7. The van der Waals surface area contributed by atoms with Gasteiger partial charge in [-0.15, -0.1) is 0 Å². The number of hydrogen-bond donors (Lipinski definition) is 3. The highest BCUT2D eigenvalue weighted by Gasteiger charge is 2.22. The molecule has 0 radical (unpaired) electrons. The molecule has 0 spiro atoms. The Labute approximate surface area is 188 Å². The summed E-state index contributed by atoms with van der Waals surface area (Å²) in [7, 11) is 5.93. The number of amides is 2. The smallest absolute Gasteiger partial charge is 0.315 e. The van der Waals surface area contributed by atoms with E-state index in [0.717, 1.165) is 45.3 Å². The molecule has 0 aliphatic carbocycles. The molecule has 9 heteroatoms. The quantitative estimate of drug-likeness (QED) is 0.167. The van der Waals surface area contributed by atoms with E-state index in [1.54, 1.807) is 0 Å². The van der Waals surface area contributed by atoms with Gasteiger partial charge in [0.05, 0.1) is 40.2 Å². The summed E-state index contributed by atoms with van der Waals surface area (Å²) in [5.74, 6) is -0.901. The second kappa shape index (κ2) is 21.4. The molecule has 0 aliphatic heterocycles. The topological polar surface area (TPSA) is 128 Å². The number of unbranched alkanes of at least 4 members (excludes halogenated alkanes) is 7. The van der Waals surface area contributed by atoms with Gasteiger partial charge in [0.25, 0.3) is 0 Å². The molecule has 2 amide bonds. The van der Waals surface area contributed by atoms with Crippen molar-refractivity contribution in [2.24, 2.45) is 0 Å². The van der Waals surface area contributed by atoms with Crippen molar-refractivity contribution in [2.45, 2.75) is 77.2 Å². The molecule has 0 saturated heterocycles. The van der Waals surface area contributed by atoms with Crippen molar-refractivity contribution in [3.05, 3.63) is 0 Å². The van der Waals surface area contributed by atoms with E-state index in [4.69, 9.17) is 19.7 Å². The highest BCUT2D eigenvalue weighted by atomic mass is 16.5. The Kier molecular flexibility index (Phi) is 21.6. The lowest BCUT2D eigenvalue weighted by atomic mass is 10.2. The fourth-order valence-electron chi connectivity index (χ4n) is 3.06. The van der Waals surface area contributed by atoms with E-state index in [9.17, 15) is 9.59 Å². The van der Waals surface area contributed by atoms with Crippen LogP contribution in [0.4, 0.5) is 4.79 Å². The fraction of sp³-hybridized carbons (Fsp3) is 0.864. The van der Waals surface area contributed by atoms with Crippen LogP contribution in [0.2, 0.25) is 0 Å². The van der Waals surface area contributed by atoms with Gasteiger partial charge in [0.1, 0.15) is 0 Å². The molecule has 184 valence electrons. The van der Waals surface area contributed by atoms with Crippen molar-refractivity contribution >= 4 is 18.5 Å². The number of hydrogen-bond acceptors (Lipinski definition) is 5. The highest BCUT2D eigenvalue weighted by Crippen LogP contribution is 2.04. The van der Waals surface area contributed by atoms with Gasteiger partial charge in [-0.1, -0.05) is 45.4 Å². The summed E-state index contributed by atoms with van der Waals surface area (Å²) in [4.78, 5) is 31.2. The monoisotopic (exact) mass is 447 g/mol. The fourth-order valence-corrected chi connectivity index (χ4v) is 3.06. The van der Waals surface area contributed by atoms with Gasteiger partial charge in [-0.2, -0.15) is 0 Å². The summed E-state index contributed by atoms with van der Waals surface area (Å²) < 4.78 is 6.24.